The van der Waals surface area contributed by atoms with Crippen LogP contribution in [0.25, 0.3) is 0 Å². The van der Waals surface area contributed by atoms with Crippen LogP contribution in [-0.4, -0.2) is 11.5 Å². The smallest absolute Gasteiger partial charge is 0.161 e. The highest BCUT2D eigenvalue weighted by Crippen LogP contribution is 2.18. The second kappa shape index (κ2) is 5.53. The number of hydrogen-bond donors (Lipinski definition) is 1. The minimum absolute atomic E-state index is 0.0511. The van der Waals surface area contributed by atoms with E-state index in [-0.39, 0.29) is 5.69 Å². The molecular weight excluding hydrogens is 241 g/mol. The van der Waals surface area contributed by atoms with Gasteiger partial charge in [-0.15, -0.1) is 0 Å². The summed E-state index contributed by atoms with van der Waals surface area (Å²) >= 11 is 0. The van der Waals surface area contributed by atoms with E-state index in [0.717, 1.165) is 11.8 Å². The maximum Gasteiger partial charge on any atom is 0.161 e. The van der Waals surface area contributed by atoms with Crippen LogP contribution < -0.4 is 5.32 Å². The summed E-state index contributed by atoms with van der Waals surface area (Å²) in [7, 11) is 0. The fraction of sp³-hybridized carbons (Fsp3) is 0.154. The zero-order valence-corrected chi connectivity index (χ0v) is 9.46. The Bertz CT molecular complexity index is 529. The molecule has 1 aromatic carbocycles. The fourth-order valence-corrected chi connectivity index (χ4v) is 1.53. The standard InChI is InChI=1S/C13H11F3N2/c14-10-7-12(16)13(8-11(10)15)18-6-4-9-3-1-2-5-17-9/h1-3,5,7-8,18H,4,6H2. The Kier molecular flexibility index (Phi) is 3.82. The number of hydrogen-bond acceptors (Lipinski definition) is 2. The lowest BCUT2D eigenvalue weighted by atomic mass is 10.2. The summed E-state index contributed by atoms with van der Waals surface area (Å²) in [5, 5.41) is 2.71. The second-order valence-electron chi connectivity index (χ2n) is 3.74. The molecule has 1 aromatic heterocycles. The van der Waals surface area contributed by atoms with Crippen LogP contribution in [0.5, 0.6) is 0 Å². The van der Waals surface area contributed by atoms with Gasteiger partial charge in [0.2, 0.25) is 0 Å². The molecule has 0 saturated carbocycles. The fourth-order valence-electron chi connectivity index (χ4n) is 1.53. The van der Waals surface area contributed by atoms with Crippen molar-refractivity contribution >= 4 is 5.69 Å². The lowest BCUT2D eigenvalue weighted by Crippen LogP contribution is -2.08. The maximum atomic E-state index is 13.3. The molecule has 2 rings (SSSR count). The van der Waals surface area contributed by atoms with E-state index >= 15 is 0 Å². The summed E-state index contributed by atoms with van der Waals surface area (Å²) in [5.74, 6) is -3.07. The topological polar surface area (TPSA) is 24.9 Å². The van der Waals surface area contributed by atoms with Crippen molar-refractivity contribution in [3.8, 4) is 0 Å². The number of benzene rings is 1. The largest absolute Gasteiger partial charge is 0.382 e. The molecule has 0 aliphatic heterocycles. The molecule has 0 saturated heterocycles. The second-order valence-corrected chi connectivity index (χ2v) is 3.74. The monoisotopic (exact) mass is 252 g/mol. The number of nitrogens with zero attached hydrogens (tertiary/aromatic N) is 1. The van der Waals surface area contributed by atoms with Gasteiger partial charge in [0, 0.05) is 37.0 Å². The van der Waals surface area contributed by atoms with Crippen LogP contribution >= 0.6 is 0 Å². The summed E-state index contributed by atoms with van der Waals surface area (Å²) in [6.45, 7) is 0.388. The van der Waals surface area contributed by atoms with Crippen molar-refractivity contribution in [1.82, 2.24) is 4.98 Å². The Morgan fingerprint density at radius 2 is 1.78 bits per heavy atom. The highest BCUT2D eigenvalue weighted by molar-refractivity contribution is 5.45. The van der Waals surface area contributed by atoms with Gasteiger partial charge < -0.3 is 5.32 Å². The molecule has 0 amide bonds. The van der Waals surface area contributed by atoms with Gasteiger partial charge in [-0.1, -0.05) is 6.07 Å². The Morgan fingerprint density at radius 1 is 1.00 bits per heavy atom. The molecule has 5 heteroatoms. The molecule has 2 nitrogen and oxygen atoms in total. The molecule has 0 fully saturated rings. The van der Waals surface area contributed by atoms with Crippen molar-refractivity contribution in [2.45, 2.75) is 6.42 Å². The van der Waals surface area contributed by atoms with Crippen molar-refractivity contribution in [3.05, 3.63) is 59.7 Å². The minimum Gasteiger partial charge on any atom is -0.382 e. The summed E-state index contributed by atoms with van der Waals surface area (Å²) in [6.07, 6.45) is 2.23. The third-order valence-electron chi connectivity index (χ3n) is 2.43. The summed E-state index contributed by atoms with van der Waals surface area (Å²) in [4.78, 5) is 4.10. The number of aromatic nitrogens is 1. The van der Waals surface area contributed by atoms with Gasteiger partial charge in [0.15, 0.2) is 11.6 Å². The highest BCUT2D eigenvalue weighted by Gasteiger charge is 2.09. The van der Waals surface area contributed by atoms with E-state index in [4.69, 9.17) is 0 Å². The highest BCUT2D eigenvalue weighted by atomic mass is 19.2. The lowest BCUT2D eigenvalue weighted by Gasteiger charge is -2.07. The van der Waals surface area contributed by atoms with E-state index in [2.05, 4.69) is 10.3 Å². The van der Waals surface area contributed by atoms with E-state index in [1.807, 2.05) is 12.1 Å². The molecule has 94 valence electrons. The number of anilines is 1. The first kappa shape index (κ1) is 12.4. The quantitative estimate of drug-likeness (QED) is 0.845. The maximum absolute atomic E-state index is 13.3. The number of pyridine rings is 1. The number of nitrogens with one attached hydrogen (secondary N) is 1. The third kappa shape index (κ3) is 3.00. The molecule has 0 bridgehead atoms. The minimum atomic E-state index is -1.19. The van der Waals surface area contributed by atoms with Crippen LogP contribution in [0.2, 0.25) is 0 Å². The van der Waals surface area contributed by atoms with Gasteiger partial charge in [0.05, 0.1) is 5.69 Å². The molecule has 0 atom stereocenters. The van der Waals surface area contributed by atoms with Crippen LogP contribution in [0, 0.1) is 17.5 Å². The van der Waals surface area contributed by atoms with E-state index in [1.54, 1.807) is 12.3 Å². The molecule has 18 heavy (non-hydrogen) atoms. The first-order valence-corrected chi connectivity index (χ1v) is 5.45. The Labute approximate surface area is 102 Å². The van der Waals surface area contributed by atoms with Crippen molar-refractivity contribution in [2.75, 3.05) is 11.9 Å². The molecule has 1 heterocycles. The lowest BCUT2D eigenvalue weighted by molar-refractivity contribution is 0.496. The normalized spacial score (nSPS) is 10.4. The van der Waals surface area contributed by atoms with Crippen molar-refractivity contribution in [2.24, 2.45) is 0 Å². The number of halogens is 3. The average Bonchev–Trinajstić information content (AvgIpc) is 2.37. The van der Waals surface area contributed by atoms with Gasteiger partial charge in [-0.05, 0) is 12.1 Å². The Hall–Kier alpha value is -2.04. The first-order chi connectivity index (χ1) is 8.66. The molecule has 0 radical (unpaired) electrons. The molecule has 0 aliphatic carbocycles. The summed E-state index contributed by atoms with van der Waals surface area (Å²) in [6, 6.07) is 6.82. The summed E-state index contributed by atoms with van der Waals surface area (Å²) < 4.78 is 38.9. The first-order valence-electron chi connectivity index (χ1n) is 5.45. The SMILES string of the molecule is Fc1cc(F)c(NCCc2ccccn2)cc1F. The van der Waals surface area contributed by atoms with E-state index in [9.17, 15) is 13.2 Å². The predicted octanol–water partition coefficient (Wildman–Crippen LogP) is 3.15. The molecule has 2 aromatic rings. The van der Waals surface area contributed by atoms with Crippen LogP contribution in [0.3, 0.4) is 0 Å². The van der Waals surface area contributed by atoms with Crippen LogP contribution in [-0.2, 0) is 6.42 Å². The van der Waals surface area contributed by atoms with Crippen molar-refractivity contribution in [1.29, 1.82) is 0 Å². The van der Waals surface area contributed by atoms with Crippen LogP contribution in [0.15, 0.2) is 36.5 Å². The molecular formula is C13H11F3N2. The predicted molar refractivity (Wildman–Crippen MR) is 62.7 cm³/mol. The van der Waals surface area contributed by atoms with E-state index in [1.165, 1.54) is 0 Å². The molecule has 0 aliphatic rings. The van der Waals surface area contributed by atoms with Gasteiger partial charge in [0.25, 0.3) is 0 Å². The van der Waals surface area contributed by atoms with E-state index in [0.29, 0.717) is 19.0 Å². The van der Waals surface area contributed by atoms with Gasteiger partial charge >= 0.3 is 0 Å². The Balaban J connectivity index is 1.97. The third-order valence-corrected chi connectivity index (χ3v) is 2.43. The Morgan fingerprint density at radius 3 is 2.50 bits per heavy atom. The zero-order valence-electron chi connectivity index (χ0n) is 9.46. The number of rotatable bonds is 4. The zero-order chi connectivity index (χ0) is 13.0. The van der Waals surface area contributed by atoms with Gasteiger partial charge in [-0.25, -0.2) is 13.2 Å². The summed E-state index contributed by atoms with van der Waals surface area (Å²) in [5.41, 5.74) is 0.790. The molecule has 1 N–H and O–H groups in total. The molecule has 0 spiro atoms. The van der Waals surface area contributed by atoms with Gasteiger partial charge in [-0.2, -0.15) is 0 Å². The van der Waals surface area contributed by atoms with Crippen molar-refractivity contribution < 1.29 is 13.2 Å². The van der Waals surface area contributed by atoms with Crippen molar-refractivity contribution in [3.63, 3.8) is 0 Å². The van der Waals surface area contributed by atoms with Gasteiger partial charge in [-0.3, -0.25) is 4.98 Å². The average molecular weight is 252 g/mol. The van der Waals surface area contributed by atoms with E-state index < -0.39 is 17.5 Å². The van der Waals surface area contributed by atoms with Crippen LogP contribution in [0.4, 0.5) is 18.9 Å². The molecule has 0 unspecified atom stereocenters. The van der Waals surface area contributed by atoms with Crippen LogP contribution in [0.1, 0.15) is 5.69 Å². The van der Waals surface area contributed by atoms with Gasteiger partial charge in [0.1, 0.15) is 5.82 Å².